The highest BCUT2D eigenvalue weighted by Gasteiger charge is 2.24. The quantitative estimate of drug-likeness (QED) is 0.474. The van der Waals surface area contributed by atoms with Crippen LogP contribution in [0.15, 0.2) is 0 Å². The minimum atomic E-state index is -3.21. The maximum Gasteiger partial charge on any atom is 0.337 e. The summed E-state index contributed by atoms with van der Waals surface area (Å²) < 4.78 is 20.8. The Morgan fingerprint density at radius 2 is 1.93 bits per heavy atom. The summed E-state index contributed by atoms with van der Waals surface area (Å²) in [5.41, 5.74) is 0. The number of hydrogen-bond donors (Lipinski definition) is 0. The van der Waals surface area contributed by atoms with Crippen molar-refractivity contribution in [2.45, 2.75) is 25.7 Å². The third-order valence-corrected chi connectivity index (χ3v) is 3.77. The molecular weight excluding hydrogens is 217 g/mol. The average molecular weight is 233 g/mol. The van der Waals surface area contributed by atoms with E-state index < -0.39 is 7.60 Å². The predicted molar refractivity (Wildman–Crippen MR) is 55.6 cm³/mol. The number of unbranched alkanes of at least 4 members (excludes halogenated alkanes) is 2. The van der Waals surface area contributed by atoms with Gasteiger partial charge < -0.3 is 9.05 Å². The normalized spacial score (nSPS) is 11.0. The number of nitriles is 1. The van der Waals surface area contributed by atoms with Gasteiger partial charge in [-0.1, -0.05) is 0 Å². The minimum absolute atomic E-state index is 0.153. The van der Waals surface area contributed by atoms with E-state index in [9.17, 15) is 9.36 Å². The van der Waals surface area contributed by atoms with Gasteiger partial charge in [-0.3, -0.25) is 9.36 Å². The van der Waals surface area contributed by atoms with Gasteiger partial charge in [-0.05, 0) is 12.8 Å². The fraction of sp³-hybridized carbons (Fsp3) is 0.778. The summed E-state index contributed by atoms with van der Waals surface area (Å²) in [4.78, 5) is 11.3. The summed E-state index contributed by atoms with van der Waals surface area (Å²) in [7, 11) is -0.693. The molecule has 0 aliphatic carbocycles. The van der Waals surface area contributed by atoms with Crippen molar-refractivity contribution in [1.29, 1.82) is 5.26 Å². The molecule has 0 atom stereocenters. The van der Waals surface area contributed by atoms with Gasteiger partial charge >= 0.3 is 7.60 Å². The summed E-state index contributed by atoms with van der Waals surface area (Å²) in [6.07, 6.45) is 1.90. The predicted octanol–water partition coefficient (Wildman–Crippen LogP) is 2.13. The molecule has 15 heavy (non-hydrogen) atoms. The van der Waals surface area contributed by atoms with Crippen LogP contribution < -0.4 is 0 Å². The van der Waals surface area contributed by atoms with Crippen LogP contribution in [-0.4, -0.2) is 26.2 Å². The minimum Gasteiger partial charge on any atom is -0.312 e. The Morgan fingerprint density at radius 1 is 1.33 bits per heavy atom. The second-order valence-corrected chi connectivity index (χ2v) is 5.31. The van der Waals surface area contributed by atoms with E-state index in [1.54, 1.807) is 0 Å². The number of Topliss-reactive ketones (excluding diaryl/α,β-unsaturated/α-hetero) is 1. The lowest BCUT2D eigenvalue weighted by Gasteiger charge is -2.12. The van der Waals surface area contributed by atoms with Crippen LogP contribution in [-0.2, 0) is 18.4 Å². The first kappa shape index (κ1) is 14.3. The number of hydrogen-bond acceptors (Lipinski definition) is 5. The topological polar surface area (TPSA) is 76.4 Å². The summed E-state index contributed by atoms with van der Waals surface area (Å²) >= 11 is 0. The van der Waals surface area contributed by atoms with E-state index in [1.807, 2.05) is 6.07 Å². The van der Waals surface area contributed by atoms with Crippen LogP contribution in [0.2, 0.25) is 0 Å². The van der Waals surface area contributed by atoms with Crippen LogP contribution in [0, 0.1) is 11.3 Å². The molecule has 0 amide bonds. The maximum absolute atomic E-state index is 11.5. The van der Waals surface area contributed by atoms with Gasteiger partial charge in [0.15, 0.2) is 0 Å². The van der Waals surface area contributed by atoms with Crippen LogP contribution >= 0.6 is 7.60 Å². The summed E-state index contributed by atoms with van der Waals surface area (Å²) in [5.74, 6) is -0.153. The molecule has 0 radical (unpaired) electrons. The zero-order chi connectivity index (χ0) is 11.7. The lowest BCUT2D eigenvalue weighted by molar-refractivity contribution is -0.117. The van der Waals surface area contributed by atoms with Crippen LogP contribution in [0.5, 0.6) is 0 Å². The third-order valence-electron chi connectivity index (χ3n) is 1.92. The smallest absolute Gasteiger partial charge is 0.312 e. The summed E-state index contributed by atoms with van der Waals surface area (Å²) in [6, 6.07) is 2.00. The van der Waals surface area contributed by atoms with Crippen molar-refractivity contribution < 1.29 is 18.4 Å². The molecule has 0 aromatic carbocycles. The Bertz CT molecular complexity index is 276. The maximum atomic E-state index is 11.5. The summed E-state index contributed by atoms with van der Waals surface area (Å²) in [5, 5.41) is 8.27. The molecule has 86 valence electrons. The molecule has 0 aliphatic rings. The van der Waals surface area contributed by atoms with Crippen molar-refractivity contribution in [3.05, 3.63) is 0 Å². The van der Waals surface area contributed by atoms with Crippen molar-refractivity contribution in [2.75, 3.05) is 20.4 Å². The Kier molecular flexibility index (Phi) is 7.23. The van der Waals surface area contributed by atoms with Gasteiger partial charge in [0.1, 0.15) is 11.9 Å². The van der Waals surface area contributed by atoms with E-state index in [2.05, 4.69) is 9.05 Å². The molecule has 0 aliphatic heterocycles. The molecule has 0 unspecified atom stereocenters. The molecule has 0 heterocycles. The van der Waals surface area contributed by atoms with E-state index in [4.69, 9.17) is 5.26 Å². The number of carbonyl (C=O) groups is 1. The number of rotatable bonds is 8. The SMILES string of the molecule is COP(=O)(CC(=O)CCCCC#N)OC. The first-order chi connectivity index (χ1) is 7.08. The molecule has 0 spiro atoms. The zero-order valence-corrected chi connectivity index (χ0v) is 9.96. The first-order valence-electron chi connectivity index (χ1n) is 4.67. The monoisotopic (exact) mass is 233 g/mol. The van der Waals surface area contributed by atoms with Crippen molar-refractivity contribution >= 4 is 13.4 Å². The number of ketones is 1. The highest BCUT2D eigenvalue weighted by Crippen LogP contribution is 2.46. The van der Waals surface area contributed by atoms with Crippen molar-refractivity contribution in [3.63, 3.8) is 0 Å². The molecular formula is C9H16NO4P. The molecule has 5 nitrogen and oxygen atoms in total. The Hall–Kier alpha value is -0.690. The van der Waals surface area contributed by atoms with E-state index in [0.29, 0.717) is 25.7 Å². The first-order valence-corrected chi connectivity index (χ1v) is 6.40. The van der Waals surface area contributed by atoms with E-state index in [1.165, 1.54) is 14.2 Å². The van der Waals surface area contributed by atoms with Crippen LogP contribution in [0.4, 0.5) is 0 Å². The molecule has 0 saturated heterocycles. The number of nitrogens with zero attached hydrogens (tertiary/aromatic N) is 1. The van der Waals surface area contributed by atoms with Crippen LogP contribution in [0.25, 0.3) is 0 Å². The number of carbonyl (C=O) groups excluding carboxylic acids is 1. The highest BCUT2D eigenvalue weighted by molar-refractivity contribution is 7.54. The molecule has 0 aromatic rings. The van der Waals surface area contributed by atoms with E-state index in [-0.39, 0.29) is 11.9 Å². The lowest BCUT2D eigenvalue weighted by Crippen LogP contribution is -2.07. The zero-order valence-electron chi connectivity index (χ0n) is 9.06. The van der Waals surface area contributed by atoms with Gasteiger partial charge in [0.25, 0.3) is 0 Å². The molecule has 6 heteroatoms. The third kappa shape index (κ3) is 6.40. The van der Waals surface area contributed by atoms with Crippen LogP contribution in [0.1, 0.15) is 25.7 Å². The largest absolute Gasteiger partial charge is 0.337 e. The Labute approximate surface area is 89.9 Å². The fourth-order valence-corrected chi connectivity index (χ4v) is 2.02. The molecule has 0 rings (SSSR count). The second kappa shape index (κ2) is 7.58. The Morgan fingerprint density at radius 3 is 2.40 bits per heavy atom. The van der Waals surface area contributed by atoms with E-state index >= 15 is 0 Å². The van der Waals surface area contributed by atoms with Crippen molar-refractivity contribution in [3.8, 4) is 6.07 Å². The van der Waals surface area contributed by atoms with Crippen molar-refractivity contribution in [1.82, 2.24) is 0 Å². The van der Waals surface area contributed by atoms with Crippen LogP contribution in [0.3, 0.4) is 0 Å². The molecule has 0 fully saturated rings. The standard InChI is InChI=1S/C9H16NO4P/c1-13-15(12,14-2)8-9(11)6-4-3-5-7-10/h3-6,8H2,1-2H3. The van der Waals surface area contributed by atoms with E-state index in [0.717, 1.165) is 0 Å². The van der Waals surface area contributed by atoms with Crippen molar-refractivity contribution in [2.24, 2.45) is 0 Å². The molecule has 0 bridgehead atoms. The van der Waals surface area contributed by atoms with Gasteiger partial charge in [0, 0.05) is 27.1 Å². The van der Waals surface area contributed by atoms with Gasteiger partial charge in [-0.15, -0.1) is 0 Å². The van der Waals surface area contributed by atoms with Gasteiger partial charge in [0.2, 0.25) is 0 Å². The van der Waals surface area contributed by atoms with Gasteiger partial charge in [0.05, 0.1) is 6.07 Å². The molecule has 0 N–H and O–H groups in total. The summed E-state index contributed by atoms with van der Waals surface area (Å²) in [6.45, 7) is 0. The Balaban J connectivity index is 3.84. The molecule has 0 saturated carbocycles. The van der Waals surface area contributed by atoms with Gasteiger partial charge in [-0.2, -0.15) is 5.26 Å². The second-order valence-electron chi connectivity index (χ2n) is 3.04. The highest BCUT2D eigenvalue weighted by atomic mass is 31.2. The average Bonchev–Trinajstić information content (AvgIpc) is 2.24. The lowest BCUT2D eigenvalue weighted by atomic mass is 10.1. The molecule has 0 aromatic heterocycles. The van der Waals surface area contributed by atoms with Gasteiger partial charge in [-0.25, -0.2) is 0 Å². The fourth-order valence-electron chi connectivity index (χ4n) is 1.02.